The summed E-state index contributed by atoms with van der Waals surface area (Å²) in [5.41, 5.74) is -0.0913. The van der Waals surface area contributed by atoms with Crippen molar-refractivity contribution in [2.45, 2.75) is 6.42 Å². The van der Waals surface area contributed by atoms with Crippen molar-refractivity contribution in [2.24, 2.45) is 0 Å². The minimum atomic E-state index is -0.523. The van der Waals surface area contributed by atoms with Crippen molar-refractivity contribution in [1.29, 1.82) is 0 Å². The Bertz CT molecular complexity index is 317. The van der Waals surface area contributed by atoms with Crippen molar-refractivity contribution in [3.05, 3.63) is 34.4 Å². The van der Waals surface area contributed by atoms with Gasteiger partial charge in [0, 0.05) is 12.5 Å². The van der Waals surface area contributed by atoms with E-state index in [-0.39, 0.29) is 24.5 Å². The number of nitro groups is 1. The summed E-state index contributed by atoms with van der Waals surface area (Å²) in [7, 11) is 0. The summed E-state index contributed by atoms with van der Waals surface area (Å²) >= 11 is 0. The van der Waals surface area contributed by atoms with Crippen LogP contribution in [0.25, 0.3) is 0 Å². The van der Waals surface area contributed by atoms with Crippen LogP contribution in [-0.2, 0) is 0 Å². The quantitative estimate of drug-likeness (QED) is 0.415. The van der Waals surface area contributed by atoms with Gasteiger partial charge < -0.3 is 4.74 Å². The summed E-state index contributed by atoms with van der Waals surface area (Å²) in [6, 6.07) is 6.04. The molecule has 0 heterocycles. The van der Waals surface area contributed by atoms with E-state index in [1.807, 2.05) is 0 Å². The summed E-state index contributed by atoms with van der Waals surface area (Å²) in [6.45, 7) is -0.331. The van der Waals surface area contributed by atoms with Gasteiger partial charge in [-0.15, -0.1) is 0 Å². The van der Waals surface area contributed by atoms with Crippen LogP contribution in [0.5, 0.6) is 5.75 Å². The number of benzene rings is 1. The van der Waals surface area contributed by atoms with Crippen LogP contribution >= 0.6 is 0 Å². The van der Waals surface area contributed by atoms with E-state index < -0.39 is 11.6 Å². The van der Waals surface area contributed by atoms with Gasteiger partial charge >= 0.3 is 5.69 Å². The van der Waals surface area contributed by atoms with E-state index in [0.29, 0.717) is 0 Å². The Balaban J connectivity index is 2.69. The summed E-state index contributed by atoms with van der Waals surface area (Å²) in [6.07, 6.45) is 0.242. The predicted molar refractivity (Wildman–Crippen MR) is 49.2 cm³/mol. The fourth-order valence-electron chi connectivity index (χ4n) is 0.967. The van der Waals surface area contributed by atoms with Gasteiger partial charge in [0.2, 0.25) is 0 Å². The number of para-hydroxylation sites is 2. The van der Waals surface area contributed by atoms with Crippen molar-refractivity contribution in [1.82, 2.24) is 0 Å². The fraction of sp³-hybridized carbons (Fsp3) is 0.333. The third-order valence-corrected chi connectivity index (χ3v) is 1.60. The Hall–Kier alpha value is -1.65. The maximum absolute atomic E-state index is 11.7. The molecule has 0 aliphatic rings. The topological polar surface area (TPSA) is 52.4 Å². The second-order valence-electron chi connectivity index (χ2n) is 2.62. The highest BCUT2D eigenvalue weighted by atomic mass is 19.1. The summed E-state index contributed by atoms with van der Waals surface area (Å²) in [5, 5.41) is 10.5. The maximum Gasteiger partial charge on any atom is 0.310 e. The van der Waals surface area contributed by atoms with Crippen molar-refractivity contribution in [2.75, 3.05) is 13.3 Å². The molecule has 0 N–H and O–H groups in total. The summed E-state index contributed by atoms with van der Waals surface area (Å²) in [5.74, 6) is 0.186. The lowest BCUT2D eigenvalue weighted by Gasteiger charge is -2.04. The molecule has 1 aromatic carbocycles. The average molecular weight is 199 g/mol. The van der Waals surface area contributed by atoms with Gasteiger partial charge in [0.1, 0.15) is 0 Å². The van der Waals surface area contributed by atoms with Gasteiger partial charge in [0.05, 0.1) is 18.2 Å². The van der Waals surface area contributed by atoms with Crippen LogP contribution in [0.2, 0.25) is 0 Å². The van der Waals surface area contributed by atoms with Crippen LogP contribution in [0.4, 0.5) is 10.1 Å². The van der Waals surface area contributed by atoms with Gasteiger partial charge in [-0.2, -0.15) is 0 Å². The van der Waals surface area contributed by atoms with E-state index in [1.54, 1.807) is 12.1 Å². The van der Waals surface area contributed by atoms with E-state index in [2.05, 4.69) is 0 Å². The van der Waals surface area contributed by atoms with Gasteiger partial charge in [0.25, 0.3) is 0 Å². The van der Waals surface area contributed by atoms with Crippen LogP contribution < -0.4 is 4.74 Å². The Morgan fingerprint density at radius 3 is 2.79 bits per heavy atom. The Morgan fingerprint density at radius 2 is 2.14 bits per heavy atom. The number of alkyl halides is 1. The first-order chi connectivity index (χ1) is 6.75. The Labute approximate surface area is 80.5 Å². The molecule has 0 unspecified atom stereocenters. The zero-order chi connectivity index (χ0) is 10.4. The van der Waals surface area contributed by atoms with Crippen LogP contribution in [-0.4, -0.2) is 18.2 Å². The monoisotopic (exact) mass is 199 g/mol. The smallest absolute Gasteiger partial charge is 0.310 e. The predicted octanol–water partition coefficient (Wildman–Crippen LogP) is 2.33. The van der Waals surface area contributed by atoms with Gasteiger partial charge in [-0.05, 0) is 6.07 Å². The SMILES string of the molecule is O=[N+]([O-])c1ccccc1OCCCF. The minimum absolute atomic E-state index is 0.0913. The van der Waals surface area contributed by atoms with E-state index in [1.165, 1.54) is 12.1 Å². The van der Waals surface area contributed by atoms with Crippen LogP contribution in [0, 0.1) is 10.1 Å². The molecular weight excluding hydrogens is 189 g/mol. The fourth-order valence-corrected chi connectivity index (χ4v) is 0.967. The zero-order valence-electron chi connectivity index (χ0n) is 7.48. The molecule has 0 fully saturated rings. The molecule has 1 aromatic rings. The van der Waals surface area contributed by atoms with Gasteiger partial charge in [0.15, 0.2) is 5.75 Å². The zero-order valence-corrected chi connectivity index (χ0v) is 7.48. The van der Waals surface area contributed by atoms with Crippen molar-refractivity contribution >= 4 is 5.69 Å². The van der Waals surface area contributed by atoms with Crippen LogP contribution in [0.3, 0.4) is 0 Å². The number of nitro benzene ring substituents is 1. The molecule has 14 heavy (non-hydrogen) atoms. The lowest BCUT2D eigenvalue weighted by Crippen LogP contribution is -2.00. The Kier molecular flexibility index (Phi) is 3.84. The highest BCUT2D eigenvalue weighted by molar-refractivity contribution is 5.45. The van der Waals surface area contributed by atoms with Crippen molar-refractivity contribution in [3.63, 3.8) is 0 Å². The standard InChI is InChI=1S/C9H10FNO3/c10-6-3-7-14-9-5-2-1-4-8(9)11(12)13/h1-2,4-5H,3,6-7H2. The molecule has 0 spiro atoms. The molecule has 0 saturated heterocycles. The van der Waals surface area contributed by atoms with Crippen molar-refractivity contribution in [3.8, 4) is 5.75 Å². The molecule has 0 radical (unpaired) electrons. The molecule has 0 amide bonds. The van der Waals surface area contributed by atoms with Crippen molar-refractivity contribution < 1.29 is 14.1 Å². The molecular formula is C9H10FNO3. The normalized spacial score (nSPS) is 9.79. The van der Waals surface area contributed by atoms with E-state index in [9.17, 15) is 14.5 Å². The Morgan fingerprint density at radius 1 is 1.43 bits per heavy atom. The van der Waals surface area contributed by atoms with E-state index >= 15 is 0 Å². The first-order valence-corrected chi connectivity index (χ1v) is 4.18. The van der Waals surface area contributed by atoms with Gasteiger partial charge in [-0.1, -0.05) is 12.1 Å². The van der Waals surface area contributed by atoms with E-state index in [0.717, 1.165) is 0 Å². The second kappa shape index (κ2) is 5.16. The van der Waals surface area contributed by atoms with Crippen LogP contribution in [0.1, 0.15) is 6.42 Å². The number of hydrogen-bond acceptors (Lipinski definition) is 3. The lowest BCUT2D eigenvalue weighted by molar-refractivity contribution is -0.385. The molecule has 0 bridgehead atoms. The molecule has 1 rings (SSSR count). The maximum atomic E-state index is 11.7. The molecule has 0 aromatic heterocycles. The molecule has 0 atom stereocenters. The third kappa shape index (κ3) is 2.69. The van der Waals surface area contributed by atoms with E-state index in [4.69, 9.17) is 4.74 Å². The highest BCUT2D eigenvalue weighted by Gasteiger charge is 2.12. The molecule has 0 aliphatic carbocycles. The second-order valence-corrected chi connectivity index (χ2v) is 2.62. The first-order valence-electron chi connectivity index (χ1n) is 4.18. The number of halogens is 1. The van der Waals surface area contributed by atoms with Crippen LogP contribution in [0.15, 0.2) is 24.3 Å². The molecule has 4 nitrogen and oxygen atoms in total. The third-order valence-electron chi connectivity index (χ3n) is 1.60. The average Bonchev–Trinajstić information content (AvgIpc) is 2.19. The molecule has 0 aliphatic heterocycles. The van der Waals surface area contributed by atoms with Gasteiger partial charge in [-0.3, -0.25) is 14.5 Å². The summed E-state index contributed by atoms with van der Waals surface area (Å²) in [4.78, 5) is 9.98. The first kappa shape index (κ1) is 10.4. The number of rotatable bonds is 5. The highest BCUT2D eigenvalue weighted by Crippen LogP contribution is 2.25. The number of nitrogens with zero attached hydrogens (tertiary/aromatic N) is 1. The minimum Gasteiger partial charge on any atom is -0.487 e. The summed E-state index contributed by atoms with van der Waals surface area (Å²) < 4.78 is 16.8. The number of ether oxygens (including phenoxy) is 1. The largest absolute Gasteiger partial charge is 0.487 e. The van der Waals surface area contributed by atoms with Gasteiger partial charge in [-0.25, -0.2) is 0 Å². The molecule has 0 saturated carbocycles. The molecule has 76 valence electrons. The molecule has 5 heteroatoms. The number of hydrogen-bond donors (Lipinski definition) is 0. The lowest BCUT2D eigenvalue weighted by atomic mass is 10.3.